The number of carboxylic acids is 1. The molecule has 61 heavy (non-hydrogen) atoms. The number of amides is 2. The normalized spacial score (nSPS) is 10.8. The van der Waals surface area contributed by atoms with Crippen molar-refractivity contribution in [3.05, 3.63) is 47.1 Å². The molecule has 0 aliphatic carbocycles. The van der Waals surface area contributed by atoms with Gasteiger partial charge in [0.1, 0.15) is 5.78 Å². The zero-order valence-electron chi connectivity index (χ0n) is 32.8. The first-order chi connectivity index (χ1) is 29.1. The maximum Gasteiger partial charge on any atom is 0.335 e. The van der Waals surface area contributed by atoms with Crippen molar-refractivity contribution in [3.8, 4) is 0 Å². The third-order valence-electron chi connectivity index (χ3n) is 7.39. The van der Waals surface area contributed by atoms with Gasteiger partial charge in [0, 0.05) is 92.3 Å². The molecule has 31 heteroatoms. The fourth-order valence-corrected chi connectivity index (χ4v) is 5.09. The highest BCUT2D eigenvalue weighted by atomic mass is 32.1. The molecule has 336 valence electrons. The Bertz CT molecular complexity index is 1950. The molecule has 0 aliphatic rings. The Morgan fingerprint density at radius 2 is 1.00 bits per heavy atom. The summed E-state index contributed by atoms with van der Waals surface area (Å²) in [5, 5.41) is 43.3. The average molecular weight is 941 g/mol. The predicted molar refractivity (Wildman–Crippen MR) is 199 cm³/mol. The highest BCUT2D eigenvalue weighted by molar-refractivity contribution is 7.52. The van der Waals surface area contributed by atoms with Crippen LogP contribution in [0.25, 0.3) is 0 Å². The van der Waals surface area contributed by atoms with E-state index in [2.05, 4.69) is 46.1 Å². The third-order valence-corrected chi connectivity index (χ3v) is 7.39. The minimum absolute atomic E-state index is 0.0125. The molecule has 0 radical (unpaired) electrons. The van der Waals surface area contributed by atoms with Gasteiger partial charge < -0.3 is 33.0 Å². The van der Waals surface area contributed by atoms with Gasteiger partial charge >= 0.3 is 52.3 Å². The van der Waals surface area contributed by atoms with Crippen LogP contribution in [0.3, 0.4) is 0 Å². The third kappa shape index (κ3) is 25.2. The smallest absolute Gasteiger partial charge is 0.335 e. The van der Waals surface area contributed by atoms with E-state index in [1.165, 1.54) is 4.90 Å². The number of aliphatic carboxylic acids is 1. The Kier molecular flexibility index (Phi) is 29.5. The van der Waals surface area contributed by atoms with Crippen LogP contribution >= 0.6 is 0 Å². The molecule has 4 rings (SSSR count). The molecule has 27 nitrogen and oxygen atoms in total. The summed E-state index contributed by atoms with van der Waals surface area (Å²) in [4.78, 5) is 51.6. The van der Waals surface area contributed by atoms with E-state index in [-0.39, 0.29) is 100 Å². The minimum atomic E-state index is -0.999. The number of aromatic nitrogens is 8. The van der Waals surface area contributed by atoms with Crippen molar-refractivity contribution in [2.75, 3.05) is 19.6 Å². The summed E-state index contributed by atoms with van der Waals surface area (Å²) in [6.45, 7) is 7.12. The van der Waals surface area contributed by atoms with Crippen molar-refractivity contribution in [2.45, 2.75) is 97.3 Å². The summed E-state index contributed by atoms with van der Waals surface area (Å²) in [7, 11) is 0. The van der Waals surface area contributed by atoms with Crippen LogP contribution < -0.4 is 5.32 Å². The number of nitrogens with zero attached hydrogens (tertiary/aromatic N) is 9. The summed E-state index contributed by atoms with van der Waals surface area (Å²) >= 11 is -3.00. The second-order valence-corrected chi connectivity index (χ2v) is 12.4. The lowest BCUT2D eigenvalue weighted by molar-refractivity contribution is -0.137. The van der Waals surface area contributed by atoms with E-state index >= 15 is 0 Å². The van der Waals surface area contributed by atoms with Gasteiger partial charge in [0.05, 0.1) is 11.8 Å². The van der Waals surface area contributed by atoms with Crippen LogP contribution in [0.15, 0.2) is 17.7 Å². The van der Waals surface area contributed by atoms with Gasteiger partial charge in [0.15, 0.2) is 0 Å². The van der Waals surface area contributed by atoms with Crippen LogP contribution in [0, 0.1) is 27.7 Å². The topological polar surface area (TPSA) is 396 Å². The van der Waals surface area contributed by atoms with Gasteiger partial charge in [-0.3, -0.25) is 19.2 Å². The van der Waals surface area contributed by atoms with E-state index in [1.54, 1.807) is 27.7 Å². The van der Waals surface area contributed by atoms with Gasteiger partial charge in [0.2, 0.25) is 58.9 Å². The number of carboxylic acid groups (broad SMARTS) is 1. The van der Waals surface area contributed by atoms with E-state index in [4.69, 9.17) is 56.4 Å². The predicted octanol–water partition coefficient (Wildman–Crippen LogP) is -0.547. The van der Waals surface area contributed by atoms with Crippen molar-refractivity contribution in [2.24, 2.45) is 0 Å². The standard InChI is InChI=1S/C30H40N10O9.4O2S/c1-17-32-36-25(46-17)15-21(29-38-34-19(3)48-29)13-23(41)7-6-11-40(27(43)8-5-9-28(44)45)12-10-31-24(42)14-22(30-39-35-20(4)49-30)16-26-37-33-18(2)47-26;4*1-3-2/h21-22H,5-16H2,1-4H3,(H,31,42)(H,44,45);;;;. The van der Waals surface area contributed by atoms with Gasteiger partial charge in [0.25, 0.3) is 0 Å². The summed E-state index contributed by atoms with van der Waals surface area (Å²) < 4.78 is 88.4. The average Bonchev–Trinajstić information content (AvgIpc) is 4.01. The van der Waals surface area contributed by atoms with Gasteiger partial charge in [-0.1, -0.05) is 0 Å². The minimum Gasteiger partial charge on any atom is -0.481 e. The van der Waals surface area contributed by atoms with Crippen LogP contribution in [0.1, 0.15) is 104 Å². The lowest BCUT2D eigenvalue weighted by Crippen LogP contribution is -2.39. The summed E-state index contributed by atoms with van der Waals surface area (Å²) in [5.41, 5.74) is 0. The number of nitrogens with one attached hydrogen (secondary N) is 1. The lowest BCUT2D eigenvalue weighted by Gasteiger charge is -2.23. The van der Waals surface area contributed by atoms with Crippen LogP contribution in [-0.2, 0) is 78.3 Å². The Balaban J connectivity index is 0.00000268. The van der Waals surface area contributed by atoms with Crippen LogP contribution in [-0.4, -0.2) is 128 Å². The maximum absolute atomic E-state index is 13.1. The summed E-state index contributed by atoms with van der Waals surface area (Å²) in [6.07, 6.45) is 1.02. The molecule has 0 saturated heterocycles. The largest absolute Gasteiger partial charge is 0.481 e. The molecule has 2 N–H and O–H groups in total. The monoisotopic (exact) mass is 940 g/mol. The molecule has 0 spiro atoms. The van der Waals surface area contributed by atoms with Gasteiger partial charge in [-0.15, -0.1) is 40.8 Å². The first-order valence-corrected chi connectivity index (χ1v) is 19.9. The van der Waals surface area contributed by atoms with Crippen molar-refractivity contribution >= 4 is 69.9 Å². The van der Waals surface area contributed by atoms with Gasteiger partial charge in [-0.05, 0) is 12.8 Å². The molecule has 4 aromatic heterocycles. The fourth-order valence-electron chi connectivity index (χ4n) is 5.09. The van der Waals surface area contributed by atoms with Crippen LogP contribution in [0.2, 0.25) is 0 Å². The number of aryl methyl sites for hydroxylation is 4. The Labute approximate surface area is 359 Å². The fraction of sp³-hybridized carbons (Fsp3) is 0.600. The molecular formula is C30H40N10O17S4. The molecule has 2 unspecified atom stereocenters. The zero-order chi connectivity index (χ0) is 46.2. The first-order valence-electron chi connectivity index (χ1n) is 17.2. The van der Waals surface area contributed by atoms with Crippen molar-refractivity contribution in [1.82, 2.24) is 51.0 Å². The van der Waals surface area contributed by atoms with E-state index in [1.807, 2.05) is 0 Å². The number of hydrogen-bond acceptors (Lipinski definition) is 24. The lowest BCUT2D eigenvalue weighted by atomic mass is 9.96. The maximum atomic E-state index is 13.1. The molecule has 0 aromatic carbocycles. The quantitative estimate of drug-likeness (QED) is 0.106. The highest BCUT2D eigenvalue weighted by Gasteiger charge is 2.26. The number of carbonyl (C=O) groups is 4. The molecule has 0 saturated carbocycles. The van der Waals surface area contributed by atoms with Crippen molar-refractivity contribution in [3.63, 3.8) is 0 Å². The molecule has 0 fully saturated rings. The SMILES string of the molecule is Cc1nnc(CC(CC(=O)CCCN(CCNC(=O)CC(Cc2nnc(C)o2)c2nnc(C)o2)C(=O)CCCC(=O)O)c2nnc(C)o2)o1.O=S=O.O=S=O.O=S=O.O=S=O. The Hall–Kier alpha value is -6.08. The second-order valence-electron chi connectivity index (χ2n) is 11.9. The number of rotatable bonds is 21. The van der Waals surface area contributed by atoms with Gasteiger partial charge in [-0.2, -0.15) is 33.7 Å². The van der Waals surface area contributed by atoms with E-state index < -0.39 is 64.1 Å². The molecule has 4 heterocycles. The van der Waals surface area contributed by atoms with Crippen molar-refractivity contribution < 1.29 is 75.6 Å². The van der Waals surface area contributed by atoms with E-state index in [0.717, 1.165) is 0 Å². The summed E-state index contributed by atoms with van der Waals surface area (Å²) in [5.74, 6) is 0.000291. The zero-order valence-corrected chi connectivity index (χ0v) is 36.0. The number of hydrogen-bond donors (Lipinski definition) is 2. The Morgan fingerprint density at radius 3 is 1.39 bits per heavy atom. The first kappa shape index (κ1) is 54.9. The van der Waals surface area contributed by atoms with Crippen molar-refractivity contribution in [1.29, 1.82) is 0 Å². The van der Waals surface area contributed by atoms with E-state index in [9.17, 15) is 19.2 Å². The molecule has 2 atom stereocenters. The summed E-state index contributed by atoms with van der Waals surface area (Å²) in [6, 6.07) is 0. The molecular weight excluding hydrogens is 901 g/mol. The molecule has 0 aliphatic heterocycles. The molecule has 0 bridgehead atoms. The highest BCUT2D eigenvalue weighted by Crippen LogP contribution is 2.25. The molecule has 2 amide bonds. The molecule has 4 aromatic rings. The second kappa shape index (κ2) is 32.7. The van der Waals surface area contributed by atoms with Crippen LogP contribution in [0.4, 0.5) is 0 Å². The van der Waals surface area contributed by atoms with Gasteiger partial charge in [-0.25, -0.2) is 0 Å². The van der Waals surface area contributed by atoms with Crippen LogP contribution in [0.5, 0.6) is 0 Å². The Morgan fingerprint density at radius 1 is 0.574 bits per heavy atom. The number of carbonyl (C=O) groups excluding carboxylic acids is 3. The number of ketones is 1. The number of Topliss-reactive ketones (excluding diaryl/α,β-unsaturated/α-hetero) is 1. The van der Waals surface area contributed by atoms with E-state index in [0.29, 0.717) is 41.8 Å².